The monoisotopic (exact) mass is 365 g/mol. The highest BCUT2D eigenvalue weighted by molar-refractivity contribution is 5.96. The molecule has 0 spiro atoms. The molecule has 0 saturated carbocycles. The van der Waals surface area contributed by atoms with Crippen molar-refractivity contribution >= 4 is 11.8 Å². The van der Waals surface area contributed by atoms with Crippen LogP contribution in [0.2, 0.25) is 0 Å². The van der Waals surface area contributed by atoms with Gasteiger partial charge in [0.2, 0.25) is 5.91 Å². The zero-order chi connectivity index (χ0) is 19.2. The summed E-state index contributed by atoms with van der Waals surface area (Å²) in [5.41, 5.74) is 3.83. The summed E-state index contributed by atoms with van der Waals surface area (Å²) in [5.74, 6) is -0.103. The van der Waals surface area contributed by atoms with Crippen LogP contribution in [0.4, 0.5) is 0 Å². The maximum atomic E-state index is 13.1. The van der Waals surface area contributed by atoms with E-state index in [4.69, 9.17) is 0 Å². The lowest BCUT2D eigenvalue weighted by molar-refractivity contribution is -0.132. The fraction of sp³-hybridized carbons (Fsp3) is 0.364. The van der Waals surface area contributed by atoms with Crippen molar-refractivity contribution in [3.05, 3.63) is 70.8 Å². The Morgan fingerprint density at radius 1 is 1.00 bits per heavy atom. The maximum absolute atomic E-state index is 13.1. The van der Waals surface area contributed by atoms with Crippen molar-refractivity contribution in [3.8, 4) is 0 Å². The molecule has 0 atom stereocenters. The number of rotatable bonds is 5. The van der Waals surface area contributed by atoms with E-state index in [9.17, 15) is 9.59 Å². The SMILES string of the molecule is Cc1cccc(CN(CC(=O)N2CCNCC2)C(=O)c2cccc(C)c2)c1. The smallest absolute Gasteiger partial charge is 0.254 e. The van der Waals surface area contributed by atoms with Crippen LogP contribution >= 0.6 is 0 Å². The van der Waals surface area contributed by atoms with Gasteiger partial charge in [-0.2, -0.15) is 0 Å². The van der Waals surface area contributed by atoms with Gasteiger partial charge in [0, 0.05) is 38.3 Å². The minimum absolute atomic E-state index is 0.00477. The molecule has 1 aliphatic rings. The van der Waals surface area contributed by atoms with Crippen LogP contribution in [-0.4, -0.2) is 54.3 Å². The van der Waals surface area contributed by atoms with Crippen LogP contribution in [0.25, 0.3) is 0 Å². The zero-order valence-corrected chi connectivity index (χ0v) is 16.1. The molecule has 27 heavy (non-hydrogen) atoms. The van der Waals surface area contributed by atoms with E-state index in [-0.39, 0.29) is 18.4 Å². The number of nitrogens with one attached hydrogen (secondary N) is 1. The first-order valence-electron chi connectivity index (χ1n) is 9.43. The highest BCUT2D eigenvalue weighted by Gasteiger charge is 2.23. The third kappa shape index (κ3) is 5.17. The summed E-state index contributed by atoms with van der Waals surface area (Å²) in [5, 5.41) is 3.25. The predicted molar refractivity (Wildman–Crippen MR) is 107 cm³/mol. The predicted octanol–water partition coefficient (Wildman–Crippen LogP) is 2.38. The van der Waals surface area contributed by atoms with Gasteiger partial charge in [-0.15, -0.1) is 0 Å². The van der Waals surface area contributed by atoms with Gasteiger partial charge in [0.15, 0.2) is 0 Å². The molecule has 0 unspecified atom stereocenters. The third-order valence-corrected chi connectivity index (χ3v) is 4.80. The summed E-state index contributed by atoms with van der Waals surface area (Å²) in [6.07, 6.45) is 0. The first kappa shape index (κ1) is 19.1. The fourth-order valence-corrected chi connectivity index (χ4v) is 3.37. The first-order valence-corrected chi connectivity index (χ1v) is 9.43. The lowest BCUT2D eigenvalue weighted by atomic mass is 10.1. The standard InChI is InChI=1S/C22H27N3O2/c1-17-5-3-7-19(13-17)15-25(16-21(26)24-11-9-23-10-12-24)22(27)20-8-4-6-18(2)14-20/h3-8,13-14,23H,9-12,15-16H2,1-2H3. The van der Waals surface area contributed by atoms with Gasteiger partial charge in [-0.1, -0.05) is 47.5 Å². The molecule has 3 rings (SSSR count). The Kier molecular flexibility index (Phi) is 6.24. The average molecular weight is 365 g/mol. The van der Waals surface area contributed by atoms with Crippen molar-refractivity contribution in [1.82, 2.24) is 15.1 Å². The van der Waals surface area contributed by atoms with Crippen LogP contribution in [0.1, 0.15) is 27.0 Å². The van der Waals surface area contributed by atoms with Gasteiger partial charge in [-0.3, -0.25) is 9.59 Å². The summed E-state index contributed by atoms with van der Waals surface area (Å²) in [7, 11) is 0. The molecular formula is C22H27N3O2. The van der Waals surface area contributed by atoms with E-state index in [1.54, 1.807) is 4.90 Å². The van der Waals surface area contributed by atoms with Gasteiger partial charge in [0.25, 0.3) is 5.91 Å². The second-order valence-corrected chi connectivity index (χ2v) is 7.15. The first-order chi connectivity index (χ1) is 13.0. The van der Waals surface area contributed by atoms with E-state index < -0.39 is 0 Å². The van der Waals surface area contributed by atoms with Crippen LogP contribution in [0, 0.1) is 13.8 Å². The van der Waals surface area contributed by atoms with Crippen molar-refractivity contribution in [2.45, 2.75) is 20.4 Å². The summed E-state index contributed by atoms with van der Waals surface area (Å²) < 4.78 is 0. The Labute approximate surface area is 161 Å². The topological polar surface area (TPSA) is 52.7 Å². The van der Waals surface area contributed by atoms with E-state index in [2.05, 4.69) is 11.4 Å². The van der Waals surface area contributed by atoms with Crippen molar-refractivity contribution in [1.29, 1.82) is 0 Å². The van der Waals surface area contributed by atoms with Crippen molar-refractivity contribution in [3.63, 3.8) is 0 Å². The Balaban J connectivity index is 1.81. The number of hydrogen-bond acceptors (Lipinski definition) is 3. The third-order valence-electron chi connectivity index (χ3n) is 4.80. The van der Waals surface area contributed by atoms with Crippen LogP contribution in [-0.2, 0) is 11.3 Å². The van der Waals surface area contributed by atoms with Crippen LogP contribution < -0.4 is 5.32 Å². The van der Waals surface area contributed by atoms with E-state index in [0.717, 1.165) is 29.8 Å². The van der Waals surface area contributed by atoms with Gasteiger partial charge in [0.1, 0.15) is 6.54 Å². The molecule has 0 bridgehead atoms. The Bertz CT molecular complexity index is 813. The Morgan fingerprint density at radius 2 is 1.67 bits per heavy atom. The molecular weight excluding hydrogens is 338 g/mol. The molecule has 5 nitrogen and oxygen atoms in total. The minimum atomic E-state index is -0.108. The van der Waals surface area contributed by atoms with Crippen LogP contribution in [0.3, 0.4) is 0 Å². The molecule has 2 aromatic rings. The van der Waals surface area contributed by atoms with Gasteiger partial charge < -0.3 is 15.1 Å². The highest BCUT2D eigenvalue weighted by Crippen LogP contribution is 2.13. The highest BCUT2D eigenvalue weighted by atomic mass is 16.2. The summed E-state index contributed by atoms with van der Waals surface area (Å²) in [4.78, 5) is 29.4. The number of carbonyl (C=O) groups excluding carboxylic acids is 2. The fourth-order valence-electron chi connectivity index (χ4n) is 3.37. The molecule has 5 heteroatoms. The van der Waals surface area contributed by atoms with Gasteiger partial charge in [-0.25, -0.2) is 0 Å². The molecule has 0 radical (unpaired) electrons. The molecule has 2 aromatic carbocycles. The quantitative estimate of drug-likeness (QED) is 0.885. The molecule has 1 fully saturated rings. The Morgan fingerprint density at radius 3 is 2.33 bits per heavy atom. The second kappa shape index (κ2) is 8.82. The average Bonchev–Trinajstić information content (AvgIpc) is 2.67. The zero-order valence-electron chi connectivity index (χ0n) is 16.1. The largest absolute Gasteiger partial charge is 0.339 e. The van der Waals surface area contributed by atoms with Gasteiger partial charge in [-0.05, 0) is 31.5 Å². The summed E-state index contributed by atoms with van der Waals surface area (Å²) in [6, 6.07) is 15.6. The van der Waals surface area contributed by atoms with E-state index in [1.807, 2.05) is 61.2 Å². The maximum Gasteiger partial charge on any atom is 0.254 e. The molecule has 1 aliphatic heterocycles. The molecule has 2 amide bonds. The molecule has 142 valence electrons. The molecule has 1 saturated heterocycles. The number of nitrogens with zero attached hydrogens (tertiary/aromatic N) is 2. The number of piperazine rings is 1. The molecule has 0 aliphatic carbocycles. The van der Waals surface area contributed by atoms with Crippen molar-refractivity contribution < 1.29 is 9.59 Å². The normalized spacial score (nSPS) is 14.1. The number of hydrogen-bond donors (Lipinski definition) is 1. The van der Waals surface area contributed by atoms with Gasteiger partial charge >= 0.3 is 0 Å². The number of amides is 2. The lowest BCUT2D eigenvalue weighted by Crippen LogP contribution is -2.50. The van der Waals surface area contributed by atoms with Crippen molar-refractivity contribution in [2.75, 3.05) is 32.7 Å². The van der Waals surface area contributed by atoms with Crippen LogP contribution in [0.15, 0.2) is 48.5 Å². The number of benzene rings is 2. The Hall–Kier alpha value is -2.66. The summed E-state index contributed by atoms with van der Waals surface area (Å²) in [6.45, 7) is 7.50. The van der Waals surface area contributed by atoms with Crippen molar-refractivity contribution in [2.24, 2.45) is 0 Å². The van der Waals surface area contributed by atoms with E-state index in [0.29, 0.717) is 25.2 Å². The molecule has 0 aromatic heterocycles. The lowest BCUT2D eigenvalue weighted by Gasteiger charge is -2.30. The molecule has 1 heterocycles. The molecule has 1 N–H and O–H groups in total. The van der Waals surface area contributed by atoms with E-state index in [1.165, 1.54) is 0 Å². The number of carbonyl (C=O) groups is 2. The van der Waals surface area contributed by atoms with E-state index >= 15 is 0 Å². The van der Waals surface area contributed by atoms with Gasteiger partial charge in [0.05, 0.1) is 0 Å². The second-order valence-electron chi connectivity index (χ2n) is 7.15. The minimum Gasteiger partial charge on any atom is -0.339 e. The number of aryl methyl sites for hydroxylation is 2. The van der Waals surface area contributed by atoms with Crippen LogP contribution in [0.5, 0.6) is 0 Å². The summed E-state index contributed by atoms with van der Waals surface area (Å²) >= 11 is 0.